The number of hydrogen-bond acceptors (Lipinski definition) is 3. The summed E-state index contributed by atoms with van der Waals surface area (Å²) in [5, 5.41) is 13.9. The topological polar surface area (TPSA) is 35.5 Å². The Morgan fingerprint density at radius 2 is 1.94 bits per heavy atom. The molecule has 1 aliphatic rings. The first-order chi connectivity index (χ1) is 8.11. The van der Waals surface area contributed by atoms with Crippen molar-refractivity contribution in [2.75, 3.05) is 26.2 Å². The van der Waals surface area contributed by atoms with Crippen molar-refractivity contribution in [1.82, 2.24) is 10.2 Å². The summed E-state index contributed by atoms with van der Waals surface area (Å²) in [6.07, 6.45) is 5.42. The van der Waals surface area contributed by atoms with Gasteiger partial charge in [-0.1, -0.05) is 20.3 Å². The van der Waals surface area contributed by atoms with Crippen LogP contribution in [0.15, 0.2) is 0 Å². The van der Waals surface area contributed by atoms with Gasteiger partial charge in [-0.2, -0.15) is 0 Å². The lowest BCUT2D eigenvalue weighted by atomic mass is 9.91. The molecule has 1 unspecified atom stereocenters. The number of piperidine rings is 1. The summed E-state index contributed by atoms with van der Waals surface area (Å²) in [7, 11) is 0. The van der Waals surface area contributed by atoms with Crippen molar-refractivity contribution in [3.05, 3.63) is 0 Å². The van der Waals surface area contributed by atoms with E-state index in [1.165, 1.54) is 12.8 Å². The van der Waals surface area contributed by atoms with Crippen molar-refractivity contribution >= 4 is 0 Å². The molecule has 1 aliphatic heterocycles. The Hall–Kier alpha value is -0.120. The van der Waals surface area contributed by atoms with E-state index in [-0.39, 0.29) is 0 Å². The largest absolute Gasteiger partial charge is 0.388 e. The van der Waals surface area contributed by atoms with E-state index in [2.05, 4.69) is 31.0 Å². The van der Waals surface area contributed by atoms with Crippen LogP contribution in [-0.4, -0.2) is 47.8 Å². The van der Waals surface area contributed by atoms with Crippen molar-refractivity contribution in [2.24, 2.45) is 0 Å². The van der Waals surface area contributed by atoms with E-state index in [1.54, 1.807) is 0 Å². The maximum Gasteiger partial charge on any atom is 0.0798 e. The Balaban J connectivity index is 2.50. The van der Waals surface area contributed by atoms with Gasteiger partial charge in [0.05, 0.1) is 5.60 Å². The molecule has 2 N–H and O–H groups in total. The van der Waals surface area contributed by atoms with Crippen molar-refractivity contribution in [1.29, 1.82) is 0 Å². The van der Waals surface area contributed by atoms with Crippen LogP contribution in [0.2, 0.25) is 0 Å². The Kier molecular flexibility index (Phi) is 6.45. The predicted molar refractivity (Wildman–Crippen MR) is 73.3 cm³/mol. The molecule has 1 saturated heterocycles. The fourth-order valence-corrected chi connectivity index (χ4v) is 2.50. The van der Waals surface area contributed by atoms with E-state index in [1.807, 2.05) is 0 Å². The molecule has 17 heavy (non-hydrogen) atoms. The summed E-state index contributed by atoms with van der Waals surface area (Å²) >= 11 is 0. The van der Waals surface area contributed by atoms with Gasteiger partial charge in [-0.05, 0) is 52.2 Å². The molecule has 0 aromatic rings. The lowest BCUT2D eigenvalue weighted by Gasteiger charge is -2.39. The molecule has 0 aromatic heterocycles. The summed E-state index contributed by atoms with van der Waals surface area (Å²) in [6.45, 7) is 10.6. The van der Waals surface area contributed by atoms with E-state index in [0.717, 1.165) is 45.4 Å². The zero-order valence-electron chi connectivity index (χ0n) is 11.8. The molecule has 102 valence electrons. The second-order valence-corrected chi connectivity index (χ2v) is 5.56. The fourth-order valence-electron chi connectivity index (χ4n) is 2.50. The standard InChI is InChI=1S/C14H30N2O/c1-4-6-11-16(13(3)5-2)12-14(17)7-9-15-10-8-14/h13,15,17H,4-12H2,1-3H3. The summed E-state index contributed by atoms with van der Waals surface area (Å²) in [5.74, 6) is 0. The molecule has 0 saturated carbocycles. The minimum absolute atomic E-state index is 0.456. The minimum Gasteiger partial charge on any atom is -0.388 e. The number of hydrogen-bond donors (Lipinski definition) is 2. The molecule has 1 rings (SSSR count). The maximum absolute atomic E-state index is 10.6. The third-order valence-corrected chi connectivity index (χ3v) is 4.04. The van der Waals surface area contributed by atoms with Crippen molar-refractivity contribution in [3.8, 4) is 0 Å². The molecule has 0 aliphatic carbocycles. The highest BCUT2D eigenvalue weighted by Gasteiger charge is 2.32. The Bertz CT molecular complexity index is 202. The molecule has 0 amide bonds. The average Bonchev–Trinajstić information content (AvgIpc) is 2.34. The van der Waals surface area contributed by atoms with Gasteiger partial charge in [0.15, 0.2) is 0 Å². The Morgan fingerprint density at radius 3 is 2.47 bits per heavy atom. The summed E-state index contributed by atoms with van der Waals surface area (Å²) in [4.78, 5) is 2.48. The molecule has 0 bridgehead atoms. The first-order valence-corrected chi connectivity index (χ1v) is 7.28. The number of unbranched alkanes of at least 4 members (excludes halogenated alkanes) is 1. The molecule has 3 nitrogen and oxygen atoms in total. The van der Waals surface area contributed by atoms with Gasteiger partial charge in [-0.3, -0.25) is 4.90 Å². The normalized spacial score (nSPS) is 21.7. The molecule has 1 heterocycles. The first-order valence-electron chi connectivity index (χ1n) is 7.28. The Labute approximate surface area is 107 Å². The number of rotatable bonds is 7. The molecule has 0 radical (unpaired) electrons. The average molecular weight is 242 g/mol. The monoisotopic (exact) mass is 242 g/mol. The third kappa shape index (κ3) is 4.94. The van der Waals surface area contributed by atoms with Gasteiger partial charge in [0, 0.05) is 12.6 Å². The molecular formula is C14H30N2O. The van der Waals surface area contributed by atoms with Crippen LogP contribution >= 0.6 is 0 Å². The van der Waals surface area contributed by atoms with Crippen LogP contribution in [0.3, 0.4) is 0 Å². The van der Waals surface area contributed by atoms with Gasteiger partial charge in [0.1, 0.15) is 0 Å². The molecular weight excluding hydrogens is 212 g/mol. The van der Waals surface area contributed by atoms with Crippen LogP contribution < -0.4 is 5.32 Å². The van der Waals surface area contributed by atoms with Crippen molar-refractivity contribution in [3.63, 3.8) is 0 Å². The zero-order valence-corrected chi connectivity index (χ0v) is 11.8. The SMILES string of the molecule is CCCCN(CC1(O)CCNCC1)C(C)CC. The van der Waals surface area contributed by atoms with E-state index in [9.17, 15) is 5.11 Å². The van der Waals surface area contributed by atoms with Gasteiger partial charge in [-0.15, -0.1) is 0 Å². The van der Waals surface area contributed by atoms with E-state index in [4.69, 9.17) is 0 Å². The van der Waals surface area contributed by atoms with Crippen LogP contribution in [0.4, 0.5) is 0 Å². The molecule has 3 heteroatoms. The van der Waals surface area contributed by atoms with Gasteiger partial charge >= 0.3 is 0 Å². The summed E-state index contributed by atoms with van der Waals surface area (Å²) in [6, 6.07) is 0.584. The Morgan fingerprint density at radius 1 is 1.29 bits per heavy atom. The van der Waals surface area contributed by atoms with Crippen LogP contribution in [0, 0.1) is 0 Å². The second kappa shape index (κ2) is 7.34. The van der Waals surface area contributed by atoms with E-state index >= 15 is 0 Å². The van der Waals surface area contributed by atoms with Crippen LogP contribution in [0.1, 0.15) is 52.9 Å². The third-order valence-electron chi connectivity index (χ3n) is 4.04. The predicted octanol–water partition coefficient (Wildman–Crippen LogP) is 2.00. The molecule has 1 atom stereocenters. The lowest BCUT2D eigenvalue weighted by Crippen LogP contribution is -2.51. The highest BCUT2D eigenvalue weighted by molar-refractivity contribution is 4.88. The number of nitrogens with one attached hydrogen (secondary N) is 1. The zero-order chi connectivity index (χ0) is 12.7. The highest BCUT2D eigenvalue weighted by Crippen LogP contribution is 2.21. The van der Waals surface area contributed by atoms with E-state index < -0.39 is 5.60 Å². The smallest absolute Gasteiger partial charge is 0.0798 e. The fraction of sp³-hybridized carbons (Fsp3) is 1.00. The molecule has 1 fully saturated rings. The quantitative estimate of drug-likeness (QED) is 0.717. The molecule has 0 spiro atoms. The second-order valence-electron chi connectivity index (χ2n) is 5.56. The van der Waals surface area contributed by atoms with Crippen molar-refractivity contribution in [2.45, 2.75) is 64.5 Å². The number of aliphatic hydroxyl groups is 1. The van der Waals surface area contributed by atoms with Gasteiger partial charge in [0.2, 0.25) is 0 Å². The van der Waals surface area contributed by atoms with Crippen LogP contribution in [-0.2, 0) is 0 Å². The first kappa shape index (κ1) is 14.9. The van der Waals surface area contributed by atoms with Gasteiger partial charge in [-0.25, -0.2) is 0 Å². The van der Waals surface area contributed by atoms with Gasteiger partial charge < -0.3 is 10.4 Å². The summed E-state index contributed by atoms with van der Waals surface area (Å²) in [5.41, 5.74) is -0.456. The number of nitrogens with zero attached hydrogens (tertiary/aromatic N) is 1. The van der Waals surface area contributed by atoms with Crippen molar-refractivity contribution < 1.29 is 5.11 Å². The maximum atomic E-state index is 10.6. The minimum atomic E-state index is -0.456. The van der Waals surface area contributed by atoms with Gasteiger partial charge in [0.25, 0.3) is 0 Å². The van der Waals surface area contributed by atoms with E-state index in [0.29, 0.717) is 6.04 Å². The highest BCUT2D eigenvalue weighted by atomic mass is 16.3. The van der Waals surface area contributed by atoms with Crippen LogP contribution in [0.25, 0.3) is 0 Å². The molecule has 0 aromatic carbocycles. The lowest BCUT2D eigenvalue weighted by molar-refractivity contribution is -0.0300. The van der Waals surface area contributed by atoms with Crippen LogP contribution in [0.5, 0.6) is 0 Å². The summed E-state index contributed by atoms with van der Waals surface area (Å²) < 4.78 is 0.